The van der Waals surface area contributed by atoms with Gasteiger partial charge in [-0.15, -0.1) is 0 Å². The van der Waals surface area contributed by atoms with Gasteiger partial charge in [0.05, 0.1) is 5.56 Å². The fourth-order valence-electron chi connectivity index (χ4n) is 1.63. The van der Waals surface area contributed by atoms with Crippen LogP contribution in [0.5, 0.6) is 0 Å². The third-order valence-corrected chi connectivity index (χ3v) is 2.48. The Labute approximate surface area is 110 Å². The highest BCUT2D eigenvalue weighted by Gasteiger charge is 2.14. The summed E-state index contributed by atoms with van der Waals surface area (Å²) >= 11 is 0. The Morgan fingerprint density at radius 1 is 1.11 bits per heavy atom. The van der Waals surface area contributed by atoms with Gasteiger partial charge in [0, 0.05) is 6.42 Å². The van der Waals surface area contributed by atoms with Crippen molar-refractivity contribution in [2.24, 2.45) is 0 Å². The molecular formula is C15H12F2N2. The lowest BCUT2D eigenvalue weighted by molar-refractivity contribution is 0.483. The van der Waals surface area contributed by atoms with Gasteiger partial charge in [-0.25, -0.2) is 0 Å². The Morgan fingerprint density at radius 2 is 1.84 bits per heavy atom. The van der Waals surface area contributed by atoms with Crippen LogP contribution in [0.3, 0.4) is 0 Å². The Morgan fingerprint density at radius 3 is 2.53 bits per heavy atom. The largest absolute Gasteiger partial charge is 0.312 e. The van der Waals surface area contributed by atoms with E-state index in [-0.39, 0.29) is 11.3 Å². The lowest BCUT2D eigenvalue weighted by Gasteiger charge is -2.05. The highest BCUT2D eigenvalue weighted by molar-refractivity contribution is 5.68. The van der Waals surface area contributed by atoms with Gasteiger partial charge < -0.3 is 0 Å². The monoisotopic (exact) mass is 258 g/mol. The number of aromatic nitrogens is 2. The molecule has 2 nitrogen and oxygen atoms in total. The second kappa shape index (κ2) is 6.05. The first-order chi connectivity index (χ1) is 9.22. The van der Waals surface area contributed by atoms with E-state index in [9.17, 15) is 8.78 Å². The van der Waals surface area contributed by atoms with E-state index in [4.69, 9.17) is 0 Å². The maximum absolute atomic E-state index is 13.8. The van der Waals surface area contributed by atoms with Gasteiger partial charge in [0.2, 0.25) is 5.95 Å². The molecule has 19 heavy (non-hydrogen) atoms. The van der Waals surface area contributed by atoms with Crippen LogP contribution in [0.1, 0.15) is 25.5 Å². The van der Waals surface area contributed by atoms with Gasteiger partial charge in [-0.1, -0.05) is 43.2 Å². The van der Waals surface area contributed by atoms with Crippen LogP contribution in [0, 0.1) is 23.9 Å². The van der Waals surface area contributed by atoms with Crippen LogP contribution in [0.4, 0.5) is 8.78 Å². The third-order valence-electron chi connectivity index (χ3n) is 2.48. The summed E-state index contributed by atoms with van der Waals surface area (Å²) in [6, 6.07) is 8.77. The highest BCUT2D eigenvalue weighted by atomic mass is 19.1. The molecule has 0 aliphatic carbocycles. The summed E-state index contributed by atoms with van der Waals surface area (Å²) < 4.78 is 26.9. The molecule has 0 amide bonds. The van der Waals surface area contributed by atoms with Crippen molar-refractivity contribution in [3.05, 3.63) is 48.1 Å². The third kappa shape index (κ3) is 3.14. The molecular weight excluding hydrogens is 246 g/mol. The molecule has 0 unspecified atom stereocenters. The van der Waals surface area contributed by atoms with E-state index in [1.165, 1.54) is 0 Å². The number of hydrogen-bond acceptors (Lipinski definition) is 2. The fraction of sp³-hybridized carbons (Fsp3) is 0.200. The minimum Gasteiger partial charge on any atom is -0.193 e. The van der Waals surface area contributed by atoms with Gasteiger partial charge in [0.25, 0.3) is 0 Å². The van der Waals surface area contributed by atoms with Crippen LogP contribution in [-0.4, -0.2) is 9.97 Å². The molecule has 0 saturated carbocycles. The standard InChI is InChI=1S/C15H12F2N2/c1-2-3-5-10-12-13(11-8-6-4-7-9-11)14(16)19-15(17)18-12/h4,6-9H,2-3H2,1H3. The van der Waals surface area contributed by atoms with Crippen molar-refractivity contribution in [3.63, 3.8) is 0 Å². The molecule has 0 atom stereocenters. The number of benzene rings is 1. The Kier molecular flexibility index (Phi) is 4.19. The summed E-state index contributed by atoms with van der Waals surface area (Å²) in [4.78, 5) is 6.72. The zero-order chi connectivity index (χ0) is 13.7. The molecule has 0 saturated heterocycles. The first kappa shape index (κ1) is 13.2. The molecule has 0 spiro atoms. The topological polar surface area (TPSA) is 25.8 Å². The Hall–Kier alpha value is -2.28. The molecule has 1 heterocycles. The summed E-state index contributed by atoms with van der Waals surface area (Å²) in [7, 11) is 0. The quantitative estimate of drug-likeness (QED) is 0.467. The van der Waals surface area contributed by atoms with Gasteiger partial charge in [-0.2, -0.15) is 18.7 Å². The summed E-state index contributed by atoms with van der Waals surface area (Å²) in [6.45, 7) is 1.98. The predicted octanol–water partition coefficient (Wildman–Crippen LogP) is 3.57. The molecule has 0 N–H and O–H groups in total. The van der Waals surface area contributed by atoms with Crippen molar-refractivity contribution in [1.29, 1.82) is 0 Å². The average Bonchev–Trinajstić information content (AvgIpc) is 2.39. The molecule has 1 aromatic heterocycles. The molecule has 0 bridgehead atoms. The minimum absolute atomic E-state index is 0.0876. The van der Waals surface area contributed by atoms with E-state index in [1.807, 2.05) is 13.0 Å². The van der Waals surface area contributed by atoms with Crippen LogP contribution in [0.15, 0.2) is 30.3 Å². The Bertz CT molecular complexity index is 628. The van der Waals surface area contributed by atoms with Crippen LogP contribution < -0.4 is 0 Å². The molecule has 0 fully saturated rings. The van der Waals surface area contributed by atoms with Crippen LogP contribution in [0.2, 0.25) is 0 Å². The average molecular weight is 258 g/mol. The zero-order valence-electron chi connectivity index (χ0n) is 10.5. The normalized spacial score (nSPS) is 9.84. The van der Waals surface area contributed by atoms with Crippen LogP contribution >= 0.6 is 0 Å². The predicted molar refractivity (Wildman–Crippen MR) is 69.2 cm³/mol. The maximum Gasteiger partial charge on any atom is 0.312 e. The molecule has 96 valence electrons. The maximum atomic E-state index is 13.8. The molecule has 1 aromatic carbocycles. The molecule has 4 heteroatoms. The first-order valence-electron chi connectivity index (χ1n) is 5.99. The fourth-order valence-corrected chi connectivity index (χ4v) is 1.63. The number of hydrogen-bond donors (Lipinski definition) is 0. The zero-order valence-corrected chi connectivity index (χ0v) is 10.5. The van der Waals surface area contributed by atoms with Crippen molar-refractivity contribution in [2.45, 2.75) is 19.8 Å². The number of rotatable bonds is 2. The second-order valence-corrected chi connectivity index (χ2v) is 3.92. The van der Waals surface area contributed by atoms with E-state index in [2.05, 4.69) is 21.8 Å². The summed E-state index contributed by atoms with van der Waals surface area (Å²) in [6.07, 6.45) is 0.434. The first-order valence-corrected chi connectivity index (χ1v) is 5.99. The molecule has 2 rings (SSSR count). The molecule has 0 aliphatic rings. The van der Waals surface area contributed by atoms with Gasteiger partial charge >= 0.3 is 6.08 Å². The molecule has 0 radical (unpaired) electrons. The van der Waals surface area contributed by atoms with Gasteiger partial charge in [0.15, 0.2) is 0 Å². The summed E-state index contributed by atoms with van der Waals surface area (Å²) in [5.41, 5.74) is 0.816. The van der Waals surface area contributed by atoms with Crippen molar-refractivity contribution in [1.82, 2.24) is 9.97 Å². The van der Waals surface area contributed by atoms with Crippen molar-refractivity contribution in [2.75, 3.05) is 0 Å². The lowest BCUT2D eigenvalue weighted by atomic mass is 10.1. The van der Waals surface area contributed by atoms with Crippen molar-refractivity contribution >= 4 is 0 Å². The number of halogens is 2. The van der Waals surface area contributed by atoms with Gasteiger partial charge in [-0.3, -0.25) is 0 Å². The van der Waals surface area contributed by atoms with E-state index >= 15 is 0 Å². The lowest BCUT2D eigenvalue weighted by Crippen LogP contribution is -2.01. The summed E-state index contributed by atoms with van der Waals surface area (Å²) in [5.74, 6) is 4.67. The van der Waals surface area contributed by atoms with Crippen molar-refractivity contribution < 1.29 is 8.78 Å². The van der Waals surface area contributed by atoms with E-state index < -0.39 is 12.0 Å². The minimum atomic E-state index is -1.10. The highest BCUT2D eigenvalue weighted by Crippen LogP contribution is 2.24. The van der Waals surface area contributed by atoms with Gasteiger partial charge in [0.1, 0.15) is 5.69 Å². The van der Waals surface area contributed by atoms with Crippen LogP contribution in [-0.2, 0) is 0 Å². The second-order valence-electron chi connectivity index (χ2n) is 3.92. The van der Waals surface area contributed by atoms with Gasteiger partial charge in [-0.05, 0) is 17.9 Å². The van der Waals surface area contributed by atoms with E-state index in [0.29, 0.717) is 12.0 Å². The Balaban J connectivity index is 2.56. The van der Waals surface area contributed by atoms with E-state index in [1.54, 1.807) is 24.3 Å². The van der Waals surface area contributed by atoms with Crippen molar-refractivity contribution in [3.8, 4) is 23.0 Å². The van der Waals surface area contributed by atoms with E-state index in [0.717, 1.165) is 6.42 Å². The molecule has 2 aromatic rings. The molecule has 0 aliphatic heterocycles. The number of nitrogens with zero attached hydrogens (tertiary/aromatic N) is 2. The SMILES string of the molecule is CCCC#Cc1nc(F)nc(F)c1-c1ccccc1. The smallest absolute Gasteiger partial charge is 0.193 e. The van der Waals surface area contributed by atoms with Crippen LogP contribution in [0.25, 0.3) is 11.1 Å². The number of unbranched alkanes of at least 4 members (excludes halogenated alkanes) is 1. The summed E-state index contributed by atoms with van der Waals surface area (Å²) in [5, 5.41) is 0.